The number of aromatic amines is 1. The van der Waals surface area contributed by atoms with Gasteiger partial charge in [-0.05, 0) is 19.9 Å². The van der Waals surface area contributed by atoms with Crippen LogP contribution < -0.4 is 4.57 Å². The maximum Gasteiger partial charge on any atom is 0.241 e. The average Bonchev–Trinajstić information content (AvgIpc) is 2.34. The van der Waals surface area contributed by atoms with Crippen LogP contribution in [-0.4, -0.2) is 4.98 Å². The van der Waals surface area contributed by atoms with Crippen molar-refractivity contribution in [2.45, 2.75) is 20.4 Å². The number of aromatic nitrogens is 2. The Morgan fingerprint density at radius 1 is 1.60 bits per heavy atom. The zero-order valence-electron chi connectivity index (χ0n) is 6.46. The molecule has 0 saturated carbocycles. The molecule has 0 amide bonds. The normalized spacial score (nSPS) is 9.40. The van der Waals surface area contributed by atoms with Gasteiger partial charge in [0.25, 0.3) is 0 Å². The van der Waals surface area contributed by atoms with Gasteiger partial charge < -0.3 is 0 Å². The highest BCUT2D eigenvalue weighted by molar-refractivity contribution is 4.90. The Hall–Kier alpha value is -1.05. The summed E-state index contributed by atoms with van der Waals surface area (Å²) in [6.45, 7) is 5.17. The molecule has 1 rings (SSSR count). The van der Waals surface area contributed by atoms with Crippen LogP contribution in [0.4, 0.5) is 0 Å². The Morgan fingerprint density at radius 3 is 2.90 bits per heavy atom. The fourth-order valence-corrected chi connectivity index (χ4v) is 0.722. The van der Waals surface area contributed by atoms with Crippen LogP contribution >= 0.6 is 0 Å². The smallest absolute Gasteiger partial charge is 0.241 e. The van der Waals surface area contributed by atoms with Gasteiger partial charge >= 0.3 is 0 Å². The van der Waals surface area contributed by atoms with Crippen LogP contribution in [0.2, 0.25) is 0 Å². The molecular weight excluding hydrogens is 124 g/mol. The summed E-state index contributed by atoms with van der Waals surface area (Å²) in [6.07, 6.45) is 8.06. The van der Waals surface area contributed by atoms with Gasteiger partial charge in [-0.1, -0.05) is 5.57 Å². The number of imidazole rings is 1. The fourth-order valence-electron chi connectivity index (χ4n) is 0.722. The molecule has 0 aliphatic rings. The zero-order valence-corrected chi connectivity index (χ0v) is 6.46. The zero-order chi connectivity index (χ0) is 7.40. The number of hydrogen-bond donors (Lipinski definition) is 1. The minimum absolute atomic E-state index is 0.964. The summed E-state index contributed by atoms with van der Waals surface area (Å²) in [5, 5.41) is 0. The van der Waals surface area contributed by atoms with E-state index in [1.807, 2.05) is 18.7 Å². The molecule has 0 aliphatic carbocycles. The lowest BCUT2D eigenvalue weighted by atomic mass is 10.3. The molecule has 0 fully saturated rings. The molecular formula is C8H13N2+. The van der Waals surface area contributed by atoms with Gasteiger partial charge in [0.05, 0.1) is 0 Å². The van der Waals surface area contributed by atoms with Gasteiger partial charge in [-0.25, -0.2) is 4.57 Å². The van der Waals surface area contributed by atoms with E-state index in [1.165, 1.54) is 5.57 Å². The number of rotatable bonds is 2. The summed E-state index contributed by atoms with van der Waals surface area (Å²) in [4.78, 5) is 2.99. The second kappa shape index (κ2) is 3.20. The third-order valence-electron chi connectivity index (χ3n) is 1.31. The van der Waals surface area contributed by atoms with Gasteiger partial charge in [0.15, 0.2) is 0 Å². The second-order valence-corrected chi connectivity index (χ2v) is 2.59. The predicted octanol–water partition coefficient (Wildman–Crippen LogP) is 1.27. The van der Waals surface area contributed by atoms with E-state index in [0.29, 0.717) is 0 Å². The monoisotopic (exact) mass is 137 g/mol. The van der Waals surface area contributed by atoms with E-state index in [4.69, 9.17) is 0 Å². The second-order valence-electron chi connectivity index (χ2n) is 2.59. The molecule has 0 radical (unpaired) electrons. The van der Waals surface area contributed by atoms with Crippen molar-refractivity contribution < 1.29 is 4.57 Å². The van der Waals surface area contributed by atoms with Crippen LogP contribution in [0.5, 0.6) is 0 Å². The van der Waals surface area contributed by atoms with E-state index in [9.17, 15) is 0 Å². The largest absolute Gasteiger partial charge is 0.250 e. The quantitative estimate of drug-likeness (QED) is 0.468. The third kappa shape index (κ3) is 2.05. The van der Waals surface area contributed by atoms with Crippen LogP contribution in [0, 0.1) is 0 Å². The molecule has 0 atom stereocenters. The van der Waals surface area contributed by atoms with Crippen molar-refractivity contribution in [3.05, 3.63) is 30.4 Å². The first kappa shape index (κ1) is 7.06. The summed E-state index contributed by atoms with van der Waals surface area (Å²) in [7, 11) is 0. The Balaban J connectivity index is 2.49. The molecule has 1 aromatic heterocycles. The van der Waals surface area contributed by atoms with Crippen molar-refractivity contribution >= 4 is 0 Å². The molecule has 10 heavy (non-hydrogen) atoms. The third-order valence-corrected chi connectivity index (χ3v) is 1.31. The Labute approximate surface area is 61.2 Å². The first-order valence-corrected chi connectivity index (χ1v) is 3.44. The van der Waals surface area contributed by atoms with Gasteiger partial charge in [-0.2, -0.15) is 0 Å². The summed E-state index contributed by atoms with van der Waals surface area (Å²) in [5.74, 6) is 0. The van der Waals surface area contributed by atoms with Gasteiger partial charge in [0, 0.05) is 0 Å². The lowest BCUT2D eigenvalue weighted by Crippen LogP contribution is -2.29. The molecule has 1 N–H and O–H groups in total. The first-order chi connectivity index (χ1) is 4.79. The number of nitrogens with one attached hydrogen (secondary N) is 1. The van der Waals surface area contributed by atoms with Crippen LogP contribution in [-0.2, 0) is 6.54 Å². The maximum atomic E-state index is 2.99. The molecule has 0 aliphatic heterocycles. The van der Waals surface area contributed by atoms with E-state index < -0.39 is 0 Å². The maximum absolute atomic E-state index is 2.99. The van der Waals surface area contributed by atoms with Crippen molar-refractivity contribution in [2.75, 3.05) is 0 Å². The summed E-state index contributed by atoms with van der Waals surface area (Å²) >= 11 is 0. The summed E-state index contributed by atoms with van der Waals surface area (Å²) in [5.41, 5.74) is 1.36. The van der Waals surface area contributed by atoms with E-state index in [-0.39, 0.29) is 0 Å². The molecule has 0 aromatic carbocycles. The number of nitrogens with zero attached hydrogens (tertiary/aromatic N) is 1. The van der Waals surface area contributed by atoms with Crippen molar-refractivity contribution in [1.82, 2.24) is 4.98 Å². The highest BCUT2D eigenvalue weighted by atomic mass is 15.0. The molecule has 0 saturated heterocycles. The molecule has 54 valence electrons. The average molecular weight is 137 g/mol. The minimum Gasteiger partial charge on any atom is -0.250 e. The molecule has 1 heterocycles. The van der Waals surface area contributed by atoms with E-state index >= 15 is 0 Å². The predicted molar refractivity (Wildman–Crippen MR) is 40.4 cm³/mol. The fraction of sp³-hybridized carbons (Fsp3) is 0.375. The van der Waals surface area contributed by atoms with Gasteiger partial charge in [0.1, 0.15) is 18.9 Å². The lowest BCUT2D eigenvalue weighted by molar-refractivity contribution is -0.685. The standard InChI is InChI=1S/C8H12N2/c1-8(2)3-5-10-6-4-9-7-10/h3-4,6-7H,5H2,1-2H3/p+1. The summed E-state index contributed by atoms with van der Waals surface area (Å²) < 4.78 is 2.09. The van der Waals surface area contributed by atoms with Crippen molar-refractivity contribution in [1.29, 1.82) is 0 Å². The van der Waals surface area contributed by atoms with Crippen molar-refractivity contribution in [3.63, 3.8) is 0 Å². The van der Waals surface area contributed by atoms with Crippen LogP contribution in [0.3, 0.4) is 0 Å². The Morgan fingerprint density at radius 2 is 2.40 bits per heavy atom. The van der Waals surface area contributed by atoms with Gasteiger partial charge in [-0.15, -0.1) is 0 Å². The molecule has 0 spiro atoms. The van der Waals surface area contributed by atoms with Crippen molar-refractivity contribution in [2.24, 2.45) is 0 Å². The highest BCUT2D eigenvalue weighted by Crippen LogP contribution is 1.86. The van der Waals surface area contributed by atoms with Crippen LogP contribution in [0.15, 0.2) is 30.4 Å². The first-order valence-electron chi connectivity index (χ1n) is 3.44. The summed E-state index contributed by atoms with van der Waals surface area (Å²) in [6, 6.07) is 0. The van der Waals surface area contributed by atoms with Crippen molar-refractivity contribution in [3.8, 4) is 0 Å². The van der Waals surface area contributed by atoms with E-state index in [2.05, 4.69) is 29.5 Å². The number of allylic oxidation sites excluding steroid dienone is 2. The number of H-pyrrole nitrogens is 1. The molecule has 1 aromatic rings. The lowest BCUT2D eigenvalue weighted by Gasteiger charge is -1.88. The molecule has 2 heteroatoms. The van der Waals surface area contributed by atoms with E-state index in [1.54, 1.807) is 0 Å². The number of hydrogen-bond acceptors (Lipinski definition) is 0. The van der Waals surface area contributed by atoms with Crippen LogP contribution in [0.25, 0.3) is 0 Å². The van der Waals surface area contributed by atoms with Gasteiger partial charge in [0.2, 0.25) is 6.33 Å². The minimum atomic E-state index is 0.964. The Bertz CT molecular complexity index is 205. The highest BCUT2D eigenvalue weighted by Gasteiger charge is 1.90. The molecule has 0 bridgehead atoms. The van der Waals surface area contributed by atoms with Crippen LogP contribution in [0.1, 0.15) is 13.8 Å². The SMILES string of the molecule is CC(C)=CC[n+]1cc[nH]c1. The van der Waals surface area contributed by atoms with E-state index in [0.717, 1.165) is 6.54 Å². The van der Waals surface area contributed by atoms with Gasteiger partial charge in [-0.3, -0.25) is 4.98 Å². The topological polar surface area (TPSA) is 19.7 Å². The molecule has 0 unspecified atom stereocenters. The Kier molecular flexibility index (Phi) is 2.26. The molecule has 2 nitrogen and oxygen atoms in total.